The van der Waals surface area contributed by atoms with E-state index in [0.717, 1.165) is 23.7 Å². The second-order valence-corrected chi connectivity index (χ2v) is 5.55. The first kappa shape index (κ1) is 14.4. The summed E-state index contributed by atoms with van der Waals surface area (Å²) in [4.78, 5) is 14.4. The number of hydrogen-bond donors (Lipinski definition) is 1. The molecule has 1 atom stereocenters. The summed E-state index contributed by atoms with van der Waals surface area (Å²) in [6.45, 7) is 4.63. The lowest BCUT2D eigenvalue weighted by Crippen LogP contribution is -2.46. The number of nitrogens with one attached hydrogen (secondary N) is 1. The fourth-order valence-electron chi connectivity index (χ4n) is 2.41. The van der Waals surface area contributed by atoms with Gasteiger partial charge in [-0.3, -0.25) is 9.69 Å². The van der Waals surface area contributed by atoms with Crippen LogP contribution in [0.4, 0.5) is 0 Å². The number of carbonyl (C=O) groups excluding carboxylic acids is 1. The molecule has 1 aliphatic heterocycles. The average Bonchev–Trinajstić information content (AvgIpc) is 2.46. The molecule has 104 valence electrons. The molecular formula is C15H21ClN2O. The van der Waals surface area contributed by atoms with Gasteiger partial charge in [-0.05, 0) is 50.6 Å². The van der Waals surface area contributed by atoms with Crippen molar-refractivity contribution in [3.05, 3.63) is 34.9 Å². The first-order chi connectivity index (χ1) is 9.16. The van der Waals surface area contributed by atoms with Crippen molar-refractivity contribution in [1.29, 1.82) is 0 Å². The van der Waals surface area contributed by atoms with Crippen molar-refractivity contribution in [3.8, 4) is 0 Å². The Labute approximate surface area is 119 Å². The molecule has 3 nitrogen and oxygen atoms in total. The molecule has 1 heterocycles. The van der Waals surface area contributed by atoms with Gasteiger partial charge in [-0.25, -0.2) is 0 Å². The molecule has 1 fully saturated rings. The summed E-state index contributed by atoms with van der Waals surface area (Å²) in [6.07, 6.45) is 3.69. The summed E-state index contributed by atoms with van der Waals surface area (Å²) in [6, 6.07) is 7.53. The Morgan fingerprint density at radius 3 is 2.53 bits per heavy atom. The largest absolute Gasteiger partial charge is 0.351 e. The Kier molecular flexibility index (Phi) is 5.23. The zero-order chi connectivity index (χ0) is 13.7. The van der Waals surface area contributed by atoms with Gasteiger partial charge in [-0.2, -0.15) is 0 Å². The van der Waals surface area contributed by atoms with E-state index in [1.807, 2.05) is 31.2 Å². The molecule has 19 heavy (non-hydrogen) atoms. The average molecular weight is 281 g/mol. The lowest BCUT2D eigenvalue weighted by molar-refractivity contribution is -0.126. The van der Waals surface area contributed by atoms with Gasteiger partial charge in [-0.1, -0.05) is 30.2 Å². The Balaban J connectivity index is 1.81. The van der Waals surface area contributed by atoms with Gasteiger partial charge < -0.3 is 5.32 Å². The topological polar surface area (TPSA) is 32.3 Å². The van der Waals surface area contributed by atoms with Crippen molar-refractivity contribution >= 4 is 17.5 Å². The van der Waals surface area contributed by atoms with Gasteiger partial charge >= 0.3 is 0 Å². The molecule has 1 aliphatic rings. The van der Waals surface area contributed by atoms with Crippen molar-refractivity contribution in [2.45, 2.75) is 38.8 Å². The number of amides is 1. The van der Waals surface area contributed by atoms with Crippen LogP contribution in [0, 0.1) is 0 Å². The van der Waals surface area contributed by atoms with Gasteiger partial charge in [0.2, 0.25) is 5.91 Å². The van der Waals surface area contributed by atoms with E-state index in [0.29, 0.717) is 6.54 Å². The predicted octanol–water partition coefficient (Wildman–Crippen LogP) is 2.83. The summed E-state index contributed by atoms with van der Waals surface area (Å²) < 4.78 is 0. The first-order valence-corrected chi connectivity index (χ1v) is 7.31. The van der Waals surface area contributed by atoms with E-state index in [9.17, 15) is 4.79 Å². The Morgan fingerprint density at radius 2 is 1.89 bits per heavy atom. The Morgan fingerprint density at radius 1 is 1.26 bits per heavy atom. The third-order valence-electron chi connectivity index (χ3n) is 3.70. The normalized spacial score (nSPS) is 18.0. The third-order valence-corrected chi connectivity index (χ3v) is 3.95. The van der Waals surface area contributed by atoms with Crippen LogP contribution < -0.4 is 5.32 Å². The van der Waals surface area contributed by atoms with Gasteiger partial charge in [0.05, 0.1) is 6.04 Å². The summed E-state index contributed by atoms with van der Waals surface area (Å²) in [7, 11) is 0. The van der Waals surface area contributed by atoms with Crippen LogP contribution in [-0.2, 0) is 11.3 Å². The molecule has 4 heteroatoms. The fraction of sp³-hybridized carbons (Fsp3) is 0.533. The molecule has 0 saturated carbocycles. The van der Waals surface area contributed by atoms with E-state index in [2.05, 4.69) is 10.2 Å². The fourth-order valence-corrected chi connectivity index (χ4v) is 2.54. The summed E-state index contributed by atoms with van der Waals surface area (Å²) >= 11 is 5.83. The van der Waals surface area contributed by atoms with Gasteiger partial charge in [0.15, 0.2) is 0 Å². The molecular weight excluding hydrogens is 260 g/mol. The first-order valence-electron chi connectivity index (χ1n) is 6.93. The van der Waals surface area contributed by atoms with Crippen LogP contribution in [0.3, 0.4) is 0 Å². The predicted molar refractivity (Wildman–Crippen MR) is 78.2 cm³/mol. The molecule has 1 aromatic rings. The number of hydrogen-bond acceptors (Lipinski definition) is 2. The standard InChI is InChI=1S/C15H21ClN2O/c1-12(18-9-3-2-4-10-18)15(19)17-11-13-5-7-14(16)8-6-13/h5-8,12H,2-4,9-11H2,1H3,(H,17,19)/t12-/m0/s1. The minimum atomic E-state index is -0.0346. The minimum Gasteiger partial charge on any atom is -0.351 e. The number of carbonyl (C=O) groups is 1. The molecule has 2 rings (SSSR count). The van der Waals surface area contributed by atoms with Crippen molar-refractivity contribution in [3.63, 3.8) is 0 Å². The highest BCUT2D eigenvalue weighted by atomic mass is 35.5. The molecule has 0 aliphatic carbocycles. The number of halogens is 1. The van der Waals surface area contributed by atoms with E-state index in [1.165, 1.54) is 19.3 Å². The number of benzene rings is 1. The second kappa shape index (κ2) is 6.92. The van der Waals surface area contributed by atoms with Crippen LogP contribution in [0.1, 0.15) is 31.7 Å². The summed E-state index contributed by atoms with van der Waals surface area (Å²) in [5, 5.41) is 3.71. The summed E-state index contributed by atoms with van der Waals surface area (Å²) in [5.74, 6) is 0.108. The number of likely N-dealkylation sites (tertiary alicyclic amines) is 1. The maximum Gasteiger partial charge on any atom is 0.237 e. The molecule has 0 bridgehead atoms. The monoisotopic (exact) mass is 280 g/mol. The van der Waals surface area contributed by atoms with Crippen LogP contribution in [0.2, 0.25) is 5.02 Å². The van der Waals surface area contributed by atoms with E-state index in [-0.39, 0.29) is 11.9 Å². The van der Waals surface area contributed by atoms with Gasteiger partial charge in [0, 0.05) is 11.6 Å². The zero-order valence-corrected chi connectivity index (χ0v) is 12.1. The van der Waals surface area contributed by atoms with Gasteiger partial charge in [-0.15, -0.1) is 0 Å². The second-order valence-electron chi connectivity index (χ2n) is 5.12. The highest BCUT2D eigenvalue weighted by molar-refractivity contribution is 6.30. The van der Waals surface area contributed by atoms with E-state index in [4.69, 9.17) is 11.6 Å². The SMILES string of the molecule is C[C@@H](C(=O)NCc1ccc(Cl)cc1)N1CCCCC1. The summed E-state index contributed by atoms with van der Waals surface area (Å²) in [5.41, 5.74) is 1.07. The maximum absolute atomic E-state index is 12.1. The van der Waals surface area contributed by atoms with E-state index >= 15 is 0 Å². The highest BCUT2D eigenvalue weighted by Crippen LogP contribution is 2.12. The molecule has 1 saturated heterocycles. The number of piperidine rings is 1. The number of rotatable bonds is 4. The van der Waals surface area contributed by atoms with Crippen molar-refractivity contribution < 1.29 is 4.79 Å². The lowest BCUT2D eigenvalue weighted by atomic mass is 10.1. The van der Waals surface area contributed by atoms with Crippen LogP contribution >= 0.6 is 11.6 Å². The van der Waals surface area contributed by atoms with Crippen LogP contribution in [0.15, 0.2) is 24.3 Å². The lowest BCUT2D eigenvalue weighted by Gasteiger charge is -2.31. The van der Waals surface area contributed by atoms with Crippen LogP contribution in [0.5, 0.6) is 0 Å². The molecule has 0 unspecified atom stereocenters. The van der Waals surface area contributed by atoms with Gasteiger partial charge in [0.25, 0.3) is 0 Å². The van der Waals surface area contributed by atoms with Crippen LogP contribution in [0.25, 0.3) is 0 Å². The van der Waals surface area contributed by atoms with E-state index in [1.54, 1.807) is 0 Å². The maximum atomic E-state index is 12.1. The molecule has 0 radical (unpaired) electrons. The van der Waals surface area contributed by atoms with Crippen molar-refractivity contribution in [2.75, 3.05) is 13.1 Å². The molecule has 1 aromatic carbocycles. The molecule has 0 spiro atoms. The molecule has 1 amide bonds. The smallest absolute Gasteiger partial charge is 0.237 e. The van der Waals surface area contributed by atoms with Gasteiger partial charge in [0.1, 0.15) is 0 Å². The number of nitrogens with zero attached hydrogens (tertiary/aromatic N) is 1. The highest BCUT2D eigenvalue weighted by Gasteiger charge is 2.22. The minimum absolute atomic E-state index is 0.0346. The Bertz CT molecular complexity index is 413. The third kappa shape index (κ3) is 4.22. The molecule has 1 N–H and O–H groups in total. The quantitative estimate of drug-likeness (QED) is 0.920. The molecule has 0 aromatic heterocycles. The van der Waals surface area contributed by atoms with E-state index < -0.39 is 0 Å². The van der Waals surface area contributed by atoms with Crippen LogP contribution in [-0.4, -0.2) is 29.9 Å². The van der Waals surface area contributed by atoms with Crippen molar-refractivity contribution in [1.82, 2.24) is 10.2 Å². The Hall–Kier alpha value is -1.06. The zero-order valence-electron chi connectivity index (χ0n) is 11.4. The van der Waals surface area contributed by atoms with Crippen molar-refractivity contribution in [2.24, 2.45) is 0 Å².